The Labute approximate surface area is 166 Å². The molecular weight excluding hydrogens is 372 g/mol. The third-order valence-electron chi connectivity index (χ3n) is 5.10. The lowest BCUT2D eigenvalue weighted by Crippen LogP contribution is -2.48. The molecule has 1 atom stereocenters. The largest absolute Gasteiger partial charge is 0.344 e. The van der Waals surface area contributed by atoms with Gasteiger partial charge in [-0.25, -0.2) is 9.78 Å². The Morgan fingerprint density at radius 2 is 1.86 bits per heavy atom. The third-order valence-corrected chi connectivity index (χ3v) is 5.10. The quantitative estimate of drug-likeness (QED) is 0.660. The maximum absolute atomic E-state index is 13.0. The lowest BCUT2D eigenvalue weighted by Gasteiger charge is -2.22. The number of amides is 4. The second-order valence-electron chi connectivity index (χ2n) is 7.22. The lowest BCUT2D eigenvalue weighted by atomic mass is 9.92. The highest BCUT2D eigenvalue weighted by molar-refractivity contribution is 6.12. The second-order valence-corrected chi connectivity index (χ2v) is 7.22. The monoisotopic (exact) mass is 392 g/mol. The molecule has 1 fully saturated rings. The highest BCUT2D eigenvalue weighted by Crippen LogP contribution is 2.28. The number of aryl methyl sites for hydroxylation is 3. The van der Waals surface area contributed by atoms with Gasteiger partial charge in [0, 0.05) is 12.7 Å². The van der Waals surface area contributed by atoms with Gasteiger partial charge in [-0.15, -0.1) is 0 Å². The predicted octanol–water partition coefficient (Wildman–Crippen LogP) is 1.70. The van der Waals surface area contributed by atoms with Gasteiger partial charge in [-0.2, -0.15) is 10.1 Å². The molecule has 29 heavy (non-hydrogen) atoms. The maximum Gasteiger partial charge on any atom is 0.344 e. The van der Waals surface area contributed by atoms with Crippen LogP contribution in [-0.2, 0) is 17.4 Å². The van der Waals surface area contributed by atoms with Crippen LogP contribution in [0.5, 0.6) is 0 Å². The van der Waals surface area contributed by atoms with Gasteiger partial charge in [-0.3, -0.25) is 19.7 Å². The topological polar surface area (TPSA) is 109 Å². The Morgan fingerprint density at radius 1 is 1.17 bits per heavy atom. The van der Waals surface area contributed by atoms with E-state index in [0.29, 0.717) is 33.5 Å². The van der Waals surface area contributed by atoms with Crippen LogP contribution in [0.25, 0.3) is 11.0 Å². The summed E-state index contributed by atoms with van der Waals surface area (Å²) in [6.45, 7) is 5.14. The molecule has 9 nitrogen and oxygen atoms in total. The molecule has 0 aliphatic carbocycles. The fourth-order valence-electron chi connectivity index (χ4n) is 3.62. The van der Waals surface area contributed by atoms with Crippen molar-refractivity contribution in [3.05, 3.63) is 58.9 Å². The molecule has 2 aromatic heterocycles. The summed E-state index contributed by atoms with van der Waals surface area (Å²) in [7, 11) is 1.74. The van der Waals surface area contributed by atoms with Crippen LogP contribution < -0.4 is 10.7 Å². The zero-order chi connectivity index (χ0) is 20.9. The van der Waals surface area contributed by atoms with Crippen molar-refractivity contribution in [2.75, 3.05) is 0 Å². The molecule has 1 saturated heterocycles. The van der Waals surface area contributed by atoms with Crippen molar-refractivity contribution in [1.29, 1.82) is 0 Å². The number of aromatic nitrogens is 3. The smallest absolute Gasteiger partial charge is 0.318 e. The number of nitrogens with one attached hydrogen (secondary N) is 2. The van der Waals surface area contributed by atoms with Crippen LogP contribution in [0, 0.1) is 13.8 Å². The number of pyridine rings is 1. The summed E-state index contributed by atoms with van der Waals surface area (Å²) in [5.74, 6) is -1.15. The number of benzene rings is 1. The third kappa shape index (κ3) is 2.82. The summed E-state index contributed by atoms with van der Waals surface area (Å²) in [5.41, 5.74) is 3.91. The molecular formula is C20H20N6O3. The van der Waals surface area contributed by atoms with Crippen LogP contribution in [0.15, 0.2) is 36.4 Å². The average molecular weight is 392 g/mol. The number of fused-ring (bicyclic) bond motifs is 1. The molecule has 1 aliphatic heterocycles. The van der Waals surface area contributed by atoms with Crippen molar-refractivity contribution >= 4 is 28.9 Å². The lowest BCUT2D eigenvalue weighted by molar-refractivity contribution is -0.132. The van der Waals surface area contributed by atoms with E-state index >= 15 is 0 Å². The summed E-state index contributed by atoms with van der Waals surface area (Å²) in [6.07, 6.45) is 0. The molecule has 0 bridgehead atoms. The van der Waals surface area contributed by atoms with Crippen LogP contribution in [0.4, 0.5) is 4.79 Å². The molecule has 0 saturated carbocycles. The van der Waals surface area contributed by atoms with Gasteiger partial charge in [0.15, 0.2) is 5.65 Å². The van der Waals surface area contributed by atoms with E-state index in [0.717, 1.165) is 5.01 Å². The maximum atomic E-state index is 13.0. The molecule has 3 aromatic rings. The van der Waals surface area contributed by atoms with E-state index in [2.05, 4.69) is 20.8 Å². The van der Waals surface area contributed by atoms with Gasteiger partial charge < -0.3 is 5.32 Å². The molecule has 1 unspecified atom stereocenters. The fourth-order valence-corrected chi connectivity index (χ4v) is 3.62. The first-order valence-electron chi connectivity index (χ1n) is 9.06. The number of carbonyl (C=O) groups is 3. The van der Waals surface area contributed by atoms with Gasteiger partial charge in [-0.1, -0.05) is 30.3 Å². The van der Waals surface area contributed by atoms with Gasteiger partial charge in [-0.05, 0) is 32.4 Å². The fraction of sp³-hybridized carbons (Fsp3) is 0.250. The first-order chi connectivity index (χ1) is 13.7. The number of hydrogen-bond acceptors (Lipinski definition) is 5. The van der Waals surface area contributed by atoms with E-state index in [9.17, 15) is 14.4 Å². The molecule has 2 N–H and O–H groups in total. The molecule has 1 aromatic carbocycles. The number of hydrazine groups is 1. The minimum absolute atomic E-state index is 0.298. The van der Waals surface area contributed by atoms with Crippen LogP contribution in [0.1, 0.15) is 34.2 Å². The van der Waals surface area contributed by atoms with Crippen molar-refractivity contribution < 1.29 is 14.4 Å². The molecule has 0 spiro atoms. The van der Waals surface area contributed by atoms with Crippen molar-refractivity contribution in [3.8, 4) is 0 Å². The van der Waals surface area contributed by atoms with Crippen LogP contribution in [-0.4, -0.2) is 37.6 Å². The summed E-state index contributed by atoms with van der Waals surface area (Å²) in [5, 5.41) is 8.28. The van der Waals surface area contributed by atoms with Gasteiger partial charge in [0.05, 0.1) is 16.6 Å². The van der Waals surface area contributed by atoms with Gasteiger partial charge in [0.2, 0.25) is 0 Å². The Balaban J connectivity index is 1.69. The Bertz CT molecular complexity index is 1170. The van der Waals surface area contributed by atoms with Crippen molar-refractivity contribution in [3.63, 3.8) is 0 Å². The number of nitrogens with zero attached hydrogens (tertiary/aromatic N) is 4. The Hall–Kier alpha value is -3.75. The average Bonchev–Trinajstić information content (AvgIpc) is 3.09. The normalized spacial score (nSPS) is 19.0. The molecule has 0 radical (unpaired) electrons. The first kappa shape index (κ1) is 18.6. The van der Waals surface area contributed by atoms with Gasteiger partial charge >= 0.3 is 6.03 Å². The van der Waals surface area contributed by atoms with E-state index in [4.69, 9.17) is 0 Å². The molecule has 3 heterocycles. The summed E-state index contributed by atoms with van der Waals surface area (Å²) in [4.78, 5) is 42.9. The summed E-state index contributed by atoms with van der Waals surface area (Å²) < 4.78 is 1.59. The zero-order valence-corrected chi connectivity index (χ0v) is 16.5. The summed E-state index contributed by atoms with van der Waals surface area (Å²) >= 11 is 0. The standard InChI is InChI=1S/C20H20N6O3/c1-11-10-14(15-12(2)23-25(4)16(15)21-11)17(27)24-26-18(28)20(3,22-19(26)29)13-8-6-5-7-9-13/h5-10H,1-4H3,(H,22,29)(H,24,27). The number of hydrogen-bond donors (Lipinski definition) is 2. The highest BCUT2D eigenvalue weighted by Gasteiger charge is 2.50. The van der Waals surface area contributed by atoms with Crippen LogP contribution in [0.3, 0.4) is 0 Å². The van der Waals surface area contributed by atoms with Gasteiger partial charge in [0.25, 0.3) is 11.8 Å². The van der Waals surface area contributed by atoms with Crippen LogP contribution >= 0.6 is 0 Å². The highest BCUT2D eigenvalue weighted by atomic mass is 16.2. The predicted molar refractivity (Wildman–Crippen MR) is 105 cm³/mol. The van der Waals surface area contributed by atoms with E-state index in [1.165, 1.54) is 0 Å². The van der Waals surface area contributed by atoms with E-state index < -0.39 is 23.4 Å². The molecule has 9 heteroatoms. The Morgan fingerprint density at radius 3 is 2.55 bits per heavy atom. The minimum Gasteiger partial charge on any atom is -0.318 e. The molecule has 4 amide bonds. The SMILES string of the molecule is Cc1cc(C(=O)NN2C(=O)NC(C)(c3ccccc3)C2=O)c2c(C)nn(C)c2n1. The second kappa shape index (κ2) is 6.40. The van der Waals surface area contributed by atoms with E-state index in [1.807, 2.05) is 6.07 Å². The molecule has 148 valence electrons. The molecule has 4 rings (SSSR count). The first-order valence-corrected chi connectivity index (χ1v) is 9.06. The number of rotatable bonds is 3. The van der Waals surface area contributed by atoms with E-state index in [-0.39, 0.29) is 0 Å². The van der Waals surface area contributed by atoms with Crippen molar-refractivity contribution in [1.82, 2.24) is 30.5 Å². The van der Waals surface area contributed by atoms with E-state index in [1.54, 1.807) is 62.8 Å². The van der Waals surface area contributed by atoms with Gasteiger partial charge in [0.1, 0.15) is 5.54 Å². The number of carbonyl (C=O) groups excluding carboxylic acids is 3. The summed E-state index contributed by atoms with van der Waals surface area (Å²) in [6, 6.07) is 9.80. The van der Waals surface area contributed by atoms with Crippen molar-refractivity contribution in [2.45, 2.75) is 26.3 Å². The zero-order valence-electron chi connectivity index (χ0n) is 16.5. The minimum atomic E-state index is -1.26. The van der Waals surface area contributed by atoms with Crippen molar-refractivity contribution in [2.24, 2.45) is 7.05 Å². The Kier molecular flexibility index (Phi) is 4.11. The van der Waals surface area contributed by atoms with Crippen LogP contribution in [0.2, 0.25) is 0 Å². The number of imide groups is 1. The molecule has 1 aliphatic rings. The number of urea groups is 1.